The zero-order valence-corrected chi connectivity index (χ0v) is 5.86. The first-order valence-corrected chi connectivity index (χ1v) is 3.54. The number of ether oxygens (including phenoxy) is 1. The van der Waals surface area contributed by atoms with Crippen LogP contribution >= 0.6 is 0 Å². The van der Waals surface area contributed by atoms with Crippen LogP contribution in [0.4, 0.5) is 8.78 Å². The molecule has 0 N–H and O–H groups in total. The van der Waals surface area contributed by atoms with Crippen LogP contribution in [0, 0.1) is 11.3 Å². The van der Waals surface area contributed by atoms with Gasteiger partial charge in [-0.15, -0.1) is 0 Å². The molecule has 1 aliphatic carbocycles. The molecule has 0 radical (unpaired) electrons. The average molecular weight is 148 g/mol. The molecule has 0 bridgehead atoms. The van der Waals surface area contributed by atoms with E-state index in [1.54, 1.807) is 6.92 Å². The Balaban J connectivity index is 2.20. The Morgan fingerprint density at radius 3 is 2.60 bits per heavy atom. The van der Waals surface area contributed by atoms with Gasteiger partial charge < -0.3 is 4.74 Å². The molecule has 1 heterocycles. The minimum Gasteiger partial charge on any atom is -0.381 e. The van der Waals surface area contributed by atoms with Gasteiger partial charge in [-0.25, -0.2) is 8.78 Å². The van der Waals surface area contributed by atoms with E-state index < -0.39 is 17.3 Å². The molecule has 2 atom stereocenters. The van der Waals surface area contributed by atoms with E-state index in [-0.39, 0.29) is 6.61 Å². The SMILES string of the molecule is C[C@@]12CCOCC1C2(F)F. The van der Waals surface area contributed by atoms with Crippen LogP contribution in [0.25, 0.3) is 0 Å². The van der Waals surface area contributed by atoms with Gasteiger partial charge in [0.1, 0.15) is 0 Å². The maximum atomic E-state index is 12.8. The zero-order chi connectivity index (χ0) is 7.41. The van der Waals surface area contributed by atoms with Gasteiger partial charge in [0.05, 0.1) is 12.5 Å². The molecule has 58 valence electrons. The molecular formula is C7H10F2O. The normalized spacial score (nSPS) is 50.1. The van der Waals surface area contributed by atoms with Gasteiger partial charge in [0, 0.05) is 12.0 Å². The Hall–Kier alpha value is -0.180. The highest BCUT2D eigenvalue weighted by atomic mass is 19.3. The Morgan fingerprint density at radius 1 is 1.50 bits per heavy atom. The number of rotatable bonds is 0. The lowest BCUT2D eigenvalue weighted by Gasteiger charge is -2.14. The Morgan fingerprint density at radius 2 is 2.20 bits per heavy atom. The first kappa shape index (κ1) is 6.53. The van der Waals surface area contributed by atoms with Gasteiger partial charge in [0.2, 0.25) is 0 Å². The van der Waals surface area contributed by atoms with E-state index in [4.69, 9.17) is 4.74 Å². The summed E-state index contributed by atoms with van der Waals surface area (Å²) in [6, 6.07) is 0. The third-order valence-electron chi connectivity index (χ3n) is 2.94. The van der Waals surface area contributed by atoms with E-state index in [0.717, 1.165) is 0 Å². The van der Waals surface area contributed by atoms with E-state index in [0.29, 0.717) is 13.0 Å². The second-order valence-electron chi connectivity index (χ2n) is 3.42. The molecule has 1 nitrogen and oxygen atoms in total. The molecule has 1 unspecified atom stereocenters. The van der Waals surface area contributed by atoms with Gasteiger partial charge in [-0.1, -0.05) is 6.92 Å². The van der Waals surface area contributed by atoms with Crippen LogP contribution in [-0.2, 0) is 4.74 Å². The van der Waals surface area contributed by atoms with Crippen molar-refractivity contribution in [2.75, 3.05) is 13.2 Å². The topological polar surface area (TPSA) is 9.23 Å². The largest absolute Gasteiger partial charge is 0.381 e. The average Bonchev–Trinajstić information content (AvgIpc) is 2.30. The molecule has 0 aromatic heterocycles. The van der Waals surface area contributed by atoms with Crippen LogP contribution in [0.5, 0.6) is 0 Å². The lowest BCUT2D eigenvalue weighted by Crippen LogP contribution is -2.15. The van der Waals surface area contributed by atoms with E-state index in [9.17, 15) is 8.78 Å². The fourth-order valence-corrected chi connectivity index (χ4v) is 1.79. The van der Waals surface area contributed by atoms with Gasteiger partial charge in [0.15, 0.2) is 0 Å². The van der Waals surface area contributed by atoms with E-state index in [1.165, 1.54) is 0 Å². The molecule has 2 fully saturated rings. The molecule has 10 heavy (non-hydrogen) atoms. The third kappa shape index (κ3) is 0.506. The summed E-state index contributed by atoms with van der Waals surface area (Å²) in [7, 11) is 0. The van der Waals surface area contributed by atoms with Crippen molar-refractivity contribution >= 4 is 0 Å². The molecule has 1 saturated heterocycles. The van der Waals surface area contributed by atoms with Crippen LogP contribution in [-0.4, -0.2) is 19.1 Å². The third-order valence-corrected chi connectivity index (χ3v) is 2.94. The zero-order valence-electron chi connectivity index (χ0n) is 5.86. The molecule has 3 heteroatoms. The number of halogens is 2. The summed E-state index contributed by atoms with van der Waals surface area (Å²) >= 11 is 0. The van der Waals surface area contributed by atoms with E-state index in [2.05, 4.69) is 0 Å². The van der Waals surface area contributed by atoms with Crippen LogP contribution in [0.2, 0.25) is 0 Å². The monoisotopic (exact) mass is 148 g/mol. The summed E-state index contributed by atoms with van der Waals surface area (Å²) < 4.78 is 30.6. The van der Waals surface area contributed by atoms with Gasteiger partial charge in [-0.2, -0.15) is 0 Å². The Kier molecular flexibility index (Phi) is 0.994. The van der Waals surface area contributed by atoms with Crippen molar-refractivity contribution < 1.29 is 13.5 Å². The van der Waals surface area contributed by atoms with Crippen LogP contribution in [0.3, 0.4) is 0 Å². The van der Waals surface area contributed by atoms with E-state index >= 15 is 0 Å². The molecule has 2 rings (SSSR count). The smallest absolute Gasteiger partial charge is 0.259 e. The minimum absolute atomic E-state index is 0.253. The quantitative estimate of drug-likeness (QED) is 0.507. The predicted octanol–water partition coefficient (Wildman–Crippen LogP) is 1.68. The van der Waals surface area contributed by atoms with Crippen LogP contribution in [0.1, 0.15) is 13.3 Å². The maximum absolute atomic E-state index is 12.8. The Bertz CT molecular complexity index is 169. The van der Waals surface area contributed by atoms with Gasteiger partial charge in [0.25, 0.3) is 5.92 Å². The van der Waals surface area contributed by atoms with Crippen LogP contribution in [0.15, 0.2) is 0 Å². The lowest BCUT2D eigenvalue weighted by molar-refractivity contribution is 0.0635. The van der Waals surface area contributed by atoms with Gasteiger partial charge in [-0.05, 0) is 6.42 Å². The standard InChI is InChI=1S/C7H10F2O/c1-6-2-3-10-4-5(6)7(6,8)9/h5H,2-4H2,1H3/t5?,6-/m1/s1. The summed E-state index contributed by atoms with van der Waals surface area (Å²) in [5.74, 6) is -2.93. The molecule has 0 amide bonds. The lowest BCUT2D eigenvalue weighted by atomic mass is 10.0. The number of hydrogen-bond acceptors (Lipinski definition) is 1. The van der Waals surface area contributed by atoms with Crippen molar-refractivity contribution in [1.29, 1.82) is 0 Å². The summed E-state index contributed by atoms with van der Waals surface area (Å²) in [4.78, 5) is 0. The highest BCUT2D eigenvalue weighted by Crippen LogP contribution is 2.68. The van der Waals surface area contributed by atoms with Crippen molar-refractivity contribution in [1.82, 2.24) is 0 Å². The minimum atomic E-state index is -2.44. The second kappa shape index (κ2) is 1.52. The summed E-state index contributed by atoms with van der Waals surface area (Å²) in [5.41, 5.74) is -0.717. The second-order valence-corrected chi connectivity index (χ2v) is 3.42. The number of hydrogen-bond donors (Lipinski definition) is 0. The van der Waals surface area contributed by atoms with Crippen molar-refractivity contribution in [3.63, 3.8) is 0 Å². The fourth-order valence-electron chi connectivity index (χ4n) is 1.79. The highest BCUT2D eigenvalue weighted by molar-refractivity contribution is 5.16. The van der Waals surface area contributed by atoms with Gasteiger partial charge in [-0.3, -0.25) is 0 Å². The molecule has 0 aromatic carbocycles. The summed E-state index contributed by atoms with van der Waals surface area (Å²) in [5, 5.41) is 0. The molecule has 0 spiro atoms. The fraction of sp³-hybridized carbons (Fsp3) is 1.00. The molecule has 0 aromatic rings. The molecule has 1 saturated carbocycles. The van der Waals surface area contributed by atoms with Crippen molar-refractivity contribution in [2.24, 2.45) is 11.3 Å². The summed E-state index contributed by atoms with van der Waals surface area (Å²) in [6.45, 7) is 2.41. The van der Waals surface area contributed by atoms with Crippen LogP contribution < -0.4 is 0 Å². The number of alkyl halides is 2. The first-order chi connectivity index (χ1) is 4.59. The highest BCUT2D eigenvalue weighted by Gasteiger charge is 2.78. The van der Waals surface area contributed by atoms with E-state index in [1.807, 2.05) is 0 Å². The van der Waals surface area contributed by atoms with Crippen molar-refractivity contribution in [2.45, 2.75) is 19.3 Å². The molecular weight excluding hydrogens is 138 g/mol. The maximum Gasteiger partial charge on any atom is 0.259 e. The predicted molar refractivity (Wildman–Crippen MR) is 32.0 cm³/mol. The van der Waals surface area contributed by atoms with Gasteiger partial charge >= 0.3 is 0 Å². The number of fused-ring (bicyclic) bond motifs is 1. The summed E-state index contributed by atoms with van der Waals surface area (Å²) in [6.07, 6.45) is 0.519. The molecule has 1 aliphatic heterocycles. The first-order valence-electron chi connectivity index (χ1n) is 3.54. The van der Waals surface area contributed by atoms with Crippen molar-refractivity contribution in [3.8, 4) is 0 Å². The molecule has 2 aliphatic rings. The Labute approximate surface area is 58.4 Å². The van der Waals surface area contributed by atoms with Crippen molar-refractivity contribution in [3.05, 3.63) is 0 Å².